The van der Waals surface area contributed by atoms with Gasteiger partial charge in [0.05, 0.1) is 11.9 Å². The van der Waals surface area contributed by atoms with Crippen LogP contribution in [0.15, 0.2) is 72.8 Å². The smallest absolute Gasteiger partial charge is 0.244 e. The van der Waals surface area contributed by atoms with Gasteiger partial charge in [0.1, 0.15) is 18.4 Å². The van der Waals surface area contributed by atoms with Gasteiger partial charge in [-0.3, -0.25) is 13.9 Å². The molecule has 40 heavy (non-hydrogen) atoms. The minimum Gasteiger partial charge on any atom is -0.352 e. The lowest BCUT2D eigenvalue weighted by atomic mass is 10.0. The van der Waals surface area contributed by atoms with Crippen molar-refractivity contribution < 1.29 is 22.4 Å². The van der Waals surface area contributed by atoms with Gasteiger partial charge in [0.2, 0.25) is 21.8 Å². The molecule has 0 aromatic heterocycles. The zero-order valence-corrected chi connectivity index (χ0v) is 24.5. The minimum atomic E-state index is -3.86. The number of amides is 2. The molecule has 3 aromatic rings. The van der Waals surface area contributed by atoms with E-state index < -0.39 is 34.3 Å². The van der Waals surface area contributed by atoms with E-state index >= 15 is 0 Å². The Labute approximate surface area is 237 Å². The van der Waals surface area contributed by atoms with Crippen molar-refractivity contribution in [2.24, 2.45) is 0 Å². The molecule has 0 bridgehead atoms. The summed E-state index contributed by atoms with van der Waals surface area (Å²) in [6.45, 7) is 6.92. The van der Waals surface area contributed by atoms with E-state index in [2.05, 4.69) is 5.32 Å². The summed E-state index contributed by atoms with van der Waals surface area (Å²) in [6.07, 6.45) is 1.98. The van der Waals surface area contributed by atoms with E-state index in [-0.39, 0.29) is 24.9 Å². The fourth-order valence-corrected chi connectivity index (χ4v) is 5.52. The molecule has 3 rings (SSSR count). The summed E-state index contributed by atoms with van der Waals surface area (Å²) in [5, 5.41) is 2.99. The van der Waals surface area contributed by atoms with Crippen molar-refractivity contribution in [3.63, 3.8) is 0 Å². The molecule has 0 heterocycles. The molecule has 0 unspecified atom stereocenters. The molecule has 7 nitrogen and oxygen atoms in total. The Kier molecular flexibility index (Phi) is 10.5. The molecular weight excluding hydrogens is 529 g/mol. The molecule has 0 radical (unpaired) electrons. The number of aryl methyl sites for hydroxylation is 2. The van der Waals surface area contributed by atoms with Crippen LogP contribution < -0.4 is 9.62 Å². The summed E-state index contributed by atoms with van der Waals surface area (Å²) in [7, 11) is -3.86. The number of hydrogen-bond acceptors (Lipinski definition) is 4. The van der Waals surface area contributed by atoms with Crippen molar-refractivity contribution >= 4 is 27.5 Å². The lowest BCUT2D eigenvalue weighted by molar-refractivity contribution is -0.140. The third kappa shape index (κ3) is 8.14. The van der Waals surface area contributed by atoms with Gasteiger partial charge in [-0.1, -0.05) is 67.6 Å². The van der Waals surface area contributed by atoms with Gasteiger partial charge in [-0.15, -0.1) is 0 Å². The summed E-state index contributed by atoms with van der Waals surface area (Å²) >= 11 is 0. The van der Waals surface area contributed by atoms with Gasteiger partial charge in [0, 0.05) is 19.0 Å². The van der Waals surface area contributed by atoms with Crippen molar-refractivity contribution in [3.05, 3.63) is 101 Å². The van der Waals surface area contributed by atoms with E-state index in [0.717, 1.165) is 16.1 Å². The first-order valence-electron chi connectivity index (χ1n) is 13.3. The molecule has 0 aliphatic heterocycles. The maximum absolute atomic E-state index is 14.1. The maximum Gasteiger partial charge on any atom is 0.244 e. The Balaban J connectivity index is 2.09. The van der Waals surface area contributed by atoms with Crippen molar-refractivity contribution in [3.8, 4) is 0 Å². The van der Waals surface area contributed by atoms with E-state index in [1.807, 2.05) is 50.2 Å². The molecule has 0 saturated heterocycles. The Hall–Kier alpha value is -3.72. The first kappa shape index (κ1) is 30.8. The number of halogens is 1. The van der Waals surface area contributed by atoms with E-state index in [9.17, 15) is 22.4 Å². The fourth-order valence-electron chi connectivity index (χ4n) is 4.56. The third-order valence-corrected chi connectivity index (χ3v) is 8.02. The van der Waals surface area contributed by atoms with Crippen LogP contribution >= 0.6 is 0 Å². The highest BCUT2D eigenvalue weighted by Crippen LogP contribution is 2.27. The van der Waals surface area contributed by atoms with Crippen LogP contribution in [0.25, 0.3) is 0 Å². The number of para-hydroxylation sites is 1. The fraction of sp³-hybridized carbons (Fsp3) is 0.355. The van der Waals surface area contributed by atoms with Crippen molar-refractivity contribution in [2.75, 3.05) is 17.1 Å². The number of sulfonamides is 1. The van der Waals surface area contributed by atoms with Crippen LogP contribution in [0.4, 0.5) is 10.1 Å². The van der Waals surface area contributed by atoms with E-state index in [1.165, 1.54) is 17.0 Å². The number of carbonyl (C=O) groups excluding carboxylic acids is 2. The Morgan fingerprint density at radius 1 is 0.900 bits per heavy atom. The number of hydrogen-bond donors (Lipinski definition) is 1. The molecule has 0 saturated carbocycles. The Morgan fingerprint density at radius 3 is 2.05 bits per heavy atom. The van der Waals surface area contributed by atoms with Gasteiger partial charge < -0.3 is 10.2 Å². The molecule has 0 aliphatic carbocycles. The largest absolute Gasteiger partial charge is 0.352 e. The zero-order valence-electron chi connectivity index (χ0n) is 23.7. The van der Waals surface area contributed by atoms with Gasteiger partial charge in [0.15, 0.2) is 0 Å². The normalized spacial score (nSPS) is 12.8. The van der Waals surface area contributed by atoms with Crippen LogP contribution in [-0.4, -0.2) is 50.0 Å². The summed E-state index contributed by atoms with van der Waals surface area (Å²) < 4.78 is 40.8. The molecule has 2 amide bonds. The summed E-state index contributed by atoms with van der Waals surface area (Å²) in [5.74, 6) is -1.31. The Bertz CT molecular complexity index is 1390. The first-order valence-corrected chi connectivity index (χ1v) is 15.2. The van der Waals surface area contributed by atoms with Gasteiger partial charge in [-0.2, -0.15) is 0 Å². The topological polar surface area (TPSA) is 86.8 Å². The molecule has 0 spiro atoms. The van der Waals surface area contributed by atoms with Crippen molar-refractivity contribution in [1.29, 1.82) is 0 Å². The van der Waals surface area contributed by atoms with Gasteiger partial charge in [-0.25, -0.2) is 12.8 Å². The highest BCUT2D eigenvalue weighted by Gasteiger charge is 2.34. The number of nitrogens with zero attached hydrogens (tertiary/aromatic N) is 2. The lowest BCUT2D eigenvalue weighted by Crippen LogP contribution is -2.54. The van der Waals surface area contributed by atoms with Crippen LogP contribution in [0.2, 0.25) is 0 Å². The summed E-state index contributed by atoms with van der Waals surface area (Å²) in [4.78, 5) is 29.2. The van der Waals surface area contributed by atoms with Crippen LogP contribution in [0.1, 0.15) is 42.5 Å². The first-order chi connectivity index (χ1) is 18.9. The number of nitrogens with one attached hydrogen (secondary N) is 1. The van der Waals surface area contributed by atoms with Crippen LogP contribution in [-0.2, 0) is 32.6 Å². The molecule has 9 heteroatoms. The molecule has 0 fully saturated rings. The number of carbonyl (C=O) groups is 2. The monoisotopic (exact) mass is 567 g/mol. The van der Waals surface area contributed by atoms with E-state index in [4.69, 9.17) is 0 Å². The predicted octanol–water partition coefficient (Wildman–Crippen LogP) is 4.76. The molecule has 2 atom stereocenters. The van der Waals surface area contributed by atoms with E-state index in [1.54, 1.807) is 38.1 Å². The van der Waals surface area contributed by atoms with Crippen molar-refractivity contribution in [2.45, 2.75) is 59.2 Å². The summed E-state index contributed by atoms with van der Waals surface area (Å²) in [5.41, 5.74) is 3.31. The van der Waals surface area contributed by atoms with Gasteiger partial charge in [0.25, 0.3) is 0 Å². The predicted molar refractivity (Wildman–Crippen MR) is 157 cm³/mol. The number of benzene rings is 3. The third-order valence-electron chi connectivity index (χ3n) is 6.91. The molecule has 3 aromatic carbocycles. The average Bonchev–Trinajstić information content (AvgIpc) is 2.90. The van der Waals surface area contributed by atoms with Crippen LogP contribution in [0.3, 0.4) is 0 Å². The standard InChI is InChI=1S/C31H38FN3O4S/c1-6-24(4)33-31(37)28(19-25-13-8-7-9-14-25)34(20-26-15-17-27(32)18-16-26)29(36)21-35(40(5,38)39)30-22(2)11-10-12-23(30)3/h7-18,24,28H,6,19-21H2,1-5H3,(H,33,37)/t24-,28+/m1/s1. The average molecular weight is 568 g/mol. The molecular formula is C31H38FN3O4S. The van der Waals surface area contributed by atoms with Crippen molar-refractivity contribution in [1.82, 2.24) is 10.2 Å². The van der Waals surface area contributed by atoms with E-state index in [0.29, 0.717) is 28.8 Å². The van der Waals surface area contributed by atoms with Gasteiger partial charge in [-0.05, 0) is 61.6 Å². The number of anilines is 1. The second-order valence-corrected chi connectivity index (χ2v) is 12.1. The van der Waals surface area contributed by atoms with Crippen LogP contribution in [0.5, 0.6) is 0 Å². The molecule has 0 aliphatic rings. The highest BCUT2D eigenvalue weighted by atomic mass is 32.2. The molecule has 1 N–H and O–H groups in total. The quantitative estimate of drug-likeness (QED) is 0.342. The van der Waals surface area contributed by atoms with Gasteiger partial charge >= 0.3 is 0 Å². The summed E-state index contributed by atoms with van der Waals surface area (Å²) in [6, 6.07) is 19.4. The highest BCUT2D eigenvalue weighted by molar-refractivity contribution is 7.92. The second kappa shape index (κ2) is 13.6. The SMILES string of the molecule is CC[C@@H](C)NC(=O)[C@H](Cc1ccccc1)N(Cc1ccc(F)cc1)C(=O)CN(c1c(C)cccc1C)S(C)(=O)=O. The maximum atomic E-state index is 14.1. The molecule has 214 valence electrons. The second-order valence-electron chi connectivity index (χ2n) is 10.2. The van der Waals surface area contributed by atoms with Crippen LogP contribution in [0, 0.1) is 19.7 Å². The number of rotatable bonds is 12. The minimum absolute atomic E-state index is 0.00506. The lowest BCUT2D eigenvalue weighted by Gasteiger charge is -2.34. The zero-order chi connectivity index (χ0) is 29.4. The Morgan fingerprint density at radius 2 is 1.50 bits per heavy atom.